The lowest BCUT2D eigenvalue weighted by atomic mass is 9.49. The number of ether oxygens (including phenoxy) is 2. The Morgan fingerprint density at radius 3 is 2.86 bits per heavy atom. The van der Waals surface area contributed by atoms with Crippen LogP contribution in [-0.4, -0.2) is 54.8 Å². The second kappa shape index (κ2) is 4.73. The van der Waals surface area contributed by atoms with E-state index in [1.165, 1.54) is 12.7 Å². The van der Waals surface area contributed by atoms with Gasteiger partial charge in [-0.3, -0.25) is 4.79 Å². The van der Waals surface area contributed by atoms with Gasteiger partial charge in [0.2, 0.25) is 5.91 Å². The average Bonchev–Trinajstić information content (AvgIpc) is 3.37. The number of para-hydroxylation sites is 1. The lowest BCUT2D eigenvalue weighted by molar-refractivity contribution is -0.211. The number of hydrogen-bond acceptors (Lipinski definition) is 5. The van der Waals surface area contributed by atoms with Gasteiger partial charge in [0.05, 0.1) is 18.6 Å². The van der Waals surface area contributed by atoms with Crippen LogP contribution in [-0.2, 0) is 24.5 Å². The first-order valence-corrected chi connectivity index (χ1v) is 10.4. The van der Waals surface area contributed by atoms with Gasteiger partial charge in [-0.2, -0.15) is 0 Å². The highest BCUT2D eigenvalue weighted by Gasteiger charge is 2.91. The first kappa shape index (κ1) is 16.8. The summed E-state index contributed by atoms with van der Waals surface area (Å²) in [6, 6.07) is 8.27. The quantitative estimate of drug-likeness (QED) is 0.734. The fourth-order valence-corrected chi connectivity index (χ4v) is 8.05. The van der Waals surface area contributed by atoms with Gasteiger partial charge < -0.3 is 19.3 Å². The van der Waals surface area contributed by atoms with Gasteiger partial charge >= 0.3 is 5.97 Å². The molecule has 0 aromatic heterocycles. The third-order valence-electron chi connectivity index (χ3n) is 8.75. The van der Waals surface area contributed by atoms with Crippen molar-refractivity contribution in [1.29, 1.82) is 0 Å². The zero-order chi connectivity index (χ0) is 19.5. The molecule has 1 amide bonds. The van der Waals surface area contributed by atoms with Gasteiger partial charge in [0.15, 0.2) is 11.3 Å². The van der Waals surface area contributed by atoms with Crippen LogP contribution in [0.4, 0.5) is 5.69 Å². The van der Waals surface area contributed by atoms with E-state index in [2.05, 4.69) is 37.1 Å². The molecule has 6 heteroatoms. The number of nitrogens with zero attached hydrogens (tertiary/aromatic N) is 2. The first-order chi connectivity index (χ1) is 13.4. The molecular weight excluding hydrogens is 356 g/mol. The number of esters is 1. The van der Waals surface area contributed by atoms with Crippen molar-refractivity contribution in [3.63, 3.8) is 0 Å². The summed E-state index contributed by atoms with van der Waals surface area (Å²) in [6.07, 6.45) is 3.64. The minimum Gasteiger partial charge on any atom is -0.467 e. The van der Waals surface area contributed by atoms with Crippen LogP contribution in [0.3, 0.4) is 0 Å². The predicted octanol–water partition coefficient (Wildman–Crippen LogP) is 2.21. The van der Waals surface area contributed by atoms with Crippen molar-refractivity contribution in [2.24, 2.45) is 5.41 Å². The number of anilines is 1. The van der Waals surface area contributed by atoms with Gasteiger partial charge in [-0.15, -0.1) is 0 Å². The highest BCUT2D eigenvalue weighted by molar-refractivity contribution is 5.89. The Balaban J connectivity index is 1.72. The molecule has 28 heavy (non-hydrogen) atoms. The van der Waals surface area contributed by atoms with E-state index in [-0.39, 0.29) is 23.3 Å². The lowest BCUT2D eigenvalue weighted by Gasteiger charge is -2.57. The van der Waals surface area contributed by atoms with E-state index in [1.54, 1.807) is 0 Å². The van der Waals surface area contributed by atoms with Crippen LogP contribution in [0.5, 0.6) is 0 Å². The summed E-state index contributed by atoms with van der Waals surface area (Å²) in [6.45, 7) is 2.87. The van der Waals surface area contributed by atoms with Crippen LogP contribution in [0.2, 0.25) is 0 Å². The summed E-state index contributed by atoms with van der Waals surface area (Å²) < 4.78 is 12.3. The molecule has 4 saturated heterocycles. The molecule has 5 aliphatic heterocycles. The molecule has 1 aromatic carbocycles. The predicted molar refractivity (Wildman–Crippen MR) is 102 cm³/mol. The van der Waals surface area contributed by atoms with E-state index >= 15 is 0 Å². The number of fused-ring (bicyclic) bond motifs is 3. The fourth-order valence-electron chi connectivity index (χ4n) is 8.05. The normalized spacial score (nSPS) is 44.5. The van der Waals surface area contributed by atoms with Crippen LogP contribution in [0.15, 0.2) is 24.3 Å². The van der Waals surface area contributed by atoms with Crippen molar-refractivity contribution in [2.75, 3.05) is 25.6 Å². The highest BCUT2D eigenvalue weighted by Crippen LogP contribution is 2.79. The van der Waals surface area contributed by atoms with Crippen LogP contribution in [0, 0.1) is 5.41 Å². The minimum atomic E-state index is -1.04. The number of amides is 1. The molecule has 0 saturated carbocycles. The average molecular weight is 382 g/mol. The third-order valence-corrected chi connectivity index (χ3v) is 8.75. The molecule has 148 valence electrons. The molecular formula is C22H26N2O4. The van der Waals surface area contributed by atoms with Gasteiger partial charge in [-0.1, -0.05) is 25.1 Å². The minimum absolute atomic E-state index is 0.152. The van der Waals surface area contributed by atoms with E-state index in [4.69, 9.17) is 9.47 Å². The maximum Gasteiger partial charge on any atom is 0.340 e. The maximum atomic E-state index is 13.3. The molecule has 0 radical (unpaired) electrons. The van der Waals surface area contributed by atoms with Gasteiger partial charge in [0.25, 0.3) is 0 Å². The highest BCUT2D eigenvalue weighted by atomic mass is 16.6. The van der Waals surface area contributed by atoms with E-state index in [9.17, 15) is 9.59 Å². The largest absolute Gasteiger partial charge is 0.467 e. The van der Waals surface area contributed by atoms with Crippen molar-refractivity contribution in [3.8, 4) is 0 Å². The Morgan fingerprint density at radius 1 is 1.32 bits per heavy atom. The van der Waals surface area contributed by atoms with E-state index < -0.39 is 16.7 Å². The molecule has 0 N–H and O–H groups in total. The molecule has 5 atom stereocenters. The molecule has 2 spiro atoms. The van der Waals surface area contributed by atoms with Gasteiger partial charge in [0.1, 0.15) is 0 Å². The number of rotatable bonds is 2. The number of piperidine rings is 1. The summed E-state index contributed by atoms with van der Waals surface area (Å²) in [4.78, 5) is 30.6. The van der Waals surface area contributed by atoms with Crippen LogP contribution < -0.4 is 4.90 Å². The van der Waals surface area contributed by atoms with Crippen LogP contribution >= 0.6 is 0 Å². The van der Waals surface area contributed by atoms with Crippen LogP contribution in [0.1, 0.15) is 44.6 Å². The Labute approximate surface area is 164 Å². The Morgan fingerprint density at radius 2 is 2.11 bits per heavy atom. The standard InChI is InChI=1S/C22H26N2O4/c1-4-19-10-9-16(25)24-12-11-20-14-7-5-6-8-15(14)23(2)17(20)21(13-19,18(26)27-3)28-22(19,20)24/h5-8,17H,4,9-13H2,1-3H3/t17-,19+,20+,21?,22+/m1/s1. The number of benzene rings is 1. The van der Waals surface area contributed by atoms with Gasteiger partial charge in [-0.25, -0.2) is 4.79 Å². The van der Waals surface area contributed by atoms with Crippen molar-refractivity contribution < 1.29 is 19.1 Å². The molecule has 4 fully saturated rings. The number of hydrogen-bond donors (Lipinski definition) is 0. The number of likely N-dealkylation sites (N-methyl/N-ethyl adjacent to an activating group) is 1. The van der Waals surface area contributed by atoms with Crippen molar-refractivity contribution in [2.45, 2.75) is 61.8 Å². The third kappa shape index (κ3) is 1.31. The Bertz CT molecular complexity index is 933. The zero-order valence-electron chi connectivity index (χ0n) is 16.7. The molecule has 5 heterocycles. The summed E-state index contributed by atoms with van der Waals surface area (Å²) in [5.41, 5.74) is -0.0404. The van der Waals surface area contributed by atoms with Crippen molar-refractivity contribution in [1.82, 2.24) is 4.90 Å². The van der Waals surface area contributed by atoms with Crippen LogP contribution in [0.25, 0.3) is 0 Å². The van der Waals surface area contributed by atoms with Crippen molar-refractivity contribution >= 4 is 17.6 Å². The van der Waals surface area contributed by atoms with E-state index in [1.807, 2.05) is 11.0 Å². The zero-order valence-corrected chi connectivity index (χ0v) is 16.7. The summed E-state index contributed by atoms with van der Waals surface area (Å²) in [5, 5.41) is 0. The topological polar surface area (TPSA) is 59.1 Å². The van der Waals surface area contributed by atoms with E-state index in [0.717, 1.165) is 24.9 Å². The number of carbonyl (C=O) groups is 2. The Hall–Kier alpha value is -2.08. The number of methoxy groups -OCH3 is 1. The van der Waals surface area contributed by atoms with Crippen molar-refractivity contribution in [3.05, 3.63) is 29.8 Å². The number of carbonyl (C=O) groups excluding carboxylic acids is 2. The molecule has 1 unspecified atom stereocenters. The smallest absolute Gasteiger partial charge is 0.340 e. The maximum absolute atomic E-state index is 13.3. The second-order valence-corrected chi connectivity index (χ2v) is 9.24. The fraction of sp³-hybridized carbons (Fsp3) is 0.636. The summed E-state index contributed by atoms with van der Waals surface area (Å²) >= 11 is 0. The first-order valence-electron chi connectivity index (χ1n) is 10.4. The van der Waals surface area contributed by atoms with E-state index in [0.29, 0.717) is 19.4 Å². The SMILES string of the molecule is CC[C@]12CCC(=O)N3CC[C@]45c6ccccc6N(C)[C@H]4C(C(=O)OC)(C1)O[C@@]325. The summed E-state index contributed by atoms with van der Waals surface area (Å²) in [5.74, 6) is -0.135. The monoisotopic (exact) mass is 382 g/mol. The van der Waals surface area contributed by atoms with Gasteiger partial charge in [0, 0.05) is 31.1 Å². The van der Waals surface area contributed by atoms with Gasteiger partial charge in [-0.05, 0) is 37.3 Å². The molecule has 5 aliphatic rings. The Kier molecular flexibility index (Phi) is 2.84. The molecule has 2 bridgehead atoms. The molecule has 1 aromatic rings. The molecule has 0 aliphatic carbocycles. The lowest BCUT2D eigenvalue weighted by Crippen LogP contribution is -2.71. The summed E-state index contributed by atoms with van der Waals surface area (Å²) in [7, 11) is 3.51. The second-order valence-electron chi connectivity index (χ2n) is 9.24. The molecule has 6 rings (SSSR count). The molecule has 6 nitrogen and oxygen atoms in total.